The van der Waals surface area contributed by atoms with Crippen molar-refractivity contribution in [2.75, 3.05) is 26.2 Å². The molecular weight excluding hydrogens is 298 g/mol. The van der Waals surface area contributed by atoms with E-state index in [1.54, 1.807) is 0 Å². The fraction of sp³-hybridized carbons (Fsp3) is 0.733. The molecule has 2 aliphatic heterocycles. The third-order valence-corrected chi connectivity index (χ3v) is 4.46. The molecule has 1 aromatic rings. The second-order valence-electron chi connectivity index (χ2n) is 6.23. The minimum atomic E-state index is -0.405. The highest BCUT2D eigenvalue weighted by Crippen LogP contribution is 2.21. The van der Waals surface area contributed by atoms with Gasteiger partial charge < -0.3 is 14.7 Å². The molecule has 0 saturated carbocycles. The lowest BCUT2D eigenvalue weighted by atomic mass is 9.93. The molecular formula is C15H23N5O3. The van der Waals surface area contributed by atoms with Gasteiger partial charge in [0, 0.05) is 6.42 Å². The molecule has 0 bridgehead atoms. The molecule has 1 aromatic heterocycles. The molecule has 3 amide bonds. The minimum Gasteiger partial charge on any atom is -0.337 e. The zero-order valence-electron chi connectivity index (χ0n) is 13.5. The van der Waals surface area contributed by atoms with Gasteiger partial charge in [0.2, 0.25) is 5.89 Å². The van der Waals surface area contributed by atoms with E-state index >= 15 is 0 Å². The van der Waals surface area contributed by atoms with Crippen LogP contribution in [0.25, 0.3) is 0 Å². The monoisotopic (exact) mass is 321 g/mol. The third kappa shape index (κ3) is 3.87. The van der Waals surface area contributed by atoms with Gasteiger partial charge in [-0.15, -0.1) is 0 Å². The molecule has 23 heavy (non-hydrogen) atoms. The Kier molecular flexibility index (Phi) is 4.90. The van der Waals surface area contributed by atoms with E-state index in [1.165, 1.54) is 13.0 Å². The Balaban J connectivity index is 1.50. The van der Waals surface area contributed by atoms with Gasteiger partial charge in [-0.1, -0.05) is 12.1 Å². The average Bonchev–Trinajstić information content (AvgIpc) is 3.11. The summed E-state index contributed by atoms with van der Waals surface area (Å²) in [6.45, 7) is 5.73. The number of aromatic nitrogens is 2. The third-order valence-electron chi connectivity index (χ3n) is 4.46. The standard InChI is InChI=1S/C15H23N5O3/c1-2-5-19-6-3-11(4-7-19)8-12-17-13(23-18-12)10-20-14(21)9-16-15(20)22/h11H,2-10H2,1H3,(H,16,22). The topological polar surface area (TPSA) is 91.6 Å². The predicted octanol–water partition coefficient (Wildman–Crippen LogP) is 0.786. The largest absolute Gasteiger partial charge is 0.337 e. The summed E-state index contributed by atoms with van der Waals surface area (Å²) >= 11 is 0. The zero-order valence-corrected chi connectivity index (χ0v) is 13.5. The molecule has 2 saturated heterocycles. The highest BCUT2D eigenvalue weighted by molar-refractivity contribution is 6.01. The van der Waals surface area contributed by atoms with E-state index in [0.717, 1.165) is 37.3 Å². The summed E-state index contributed by atoms with van der Waals surface area (Å²) in [6.07, 6.45) is 4.29. The van der Waals surface area contributed by atoms with E-state index in [2.05, 4.69) is 27.3 Å². The van der Waals surface area contributed by atoms with Gasteiger partial charge >= 0.3 is 6.03 Å². The zero-order chi connectivity index (χ0) is 16.2. The lowest BCUT2D eigenvalue weighted by Crippen LogP contribution is -2.34. The number of nitrogens with one attached hydrogen (secondary N) is 1. The van der Waals surface area contributed by atoms with Crippen LogP contribution in [0.4, 0.5) is 4.79 Å². The van der Waals surface area contributed by atoms with Crippen LogP contribution in [0.2, 0.25) is 0 Å². The molecule has 0 unspecified atom stereocenters. The maximum atomic E-state index is 11.5. The minimum absolute atomic E-state index is 0.0379. The number of amides is 3. The van der Waals surface area contributed by atoms with E-state index in [9.17, 15) is 9.59 Å². The van der Waals surface area contributed by atoms with Crippen LogP contribution in [0.15, 0.2) is 4.52 Å². The Hall–Kier alpha value is -1.96. The maximum absolute atomic E-state index is 11.5. The Bertz CT molecular complexity index is 549. The van der Waals surface area contributed by atoms with Gasteiger partial charge in [0.25, 0.3) is 5.91 Å². The molecule has 3 rings (SSSR count). The van der Waals surface area contributed by atoms with E-state index in [4.69, 9.17) is 4.52 Å². The quantitative estimate of drug-likeness (QED) is 0.779. The van der Waals surface area contributed by atoms with Crippen LogP contribution >= 0.6 is 0 Å². The van der Waals surface area contributed by atoms with Crippen molar-refractivity contribution in [3.05, 3.63) is 11.7 Å². The van der Waals surface area contributed by atoms with Crippen molar-refractivity contribution in [3.63, 3.8) is 0 Å². The Labute approximate surface area is 135 Å². The summed E-state index contributed by atoms with van der Waals surface area (Å²) in [5.74, 6) is 1.29. The van der Waals surface area contributed by atoms with Crippen LogP contribution in [0, 0.1) is 5.92 Å². The molecule has 126 valence electrons. The summed E-state index contributed by atoms with van der Waals surface area (Å²) in [5.41, 5.74) is 0. The Morgan fingerprint density at radius 1 is 1.30 bits per heavy atom. The van der Waals surface area contributed by atoms with Gasteiger partial charge in [-0.3, -0.25) is 9.69 Å². The average molecular weight is 321 g/mol. The van der Waals surface area contributed by atoms with E-state index in [-0.39, 0.29) is 19.0 Å². The van der Waals surface area contributed by atoms with Gasteiger partial charge in [0.15, 0.2) is 5.82 Å². The summed E-state index contributed by atoms with van der Waals surface area (Å²) < 4.78 is 5.18. The number of carbonyl (C=O) groups excluding carboxylic acids is 2. The van der Waals surface area contributed by atoms with Gasteiger partial charge in [0.05, 0.1) is 6.54 Å². The summed E-state index contributed by atoms with van der Waals surface area (Å²) in [6, 6.07) is -0.405. The summed E-state index contributed by atoms with van der Waals surface area (Å²) in [5, 5.41) is 6.46. The Morgan fingerprint density at radius 3 is 2.74 bits per heavy atom. The van der Waals surface area contributed by atoms with Crippen LogP contribution in [0.1, 0.15) is 37.9 Å². The van der Waals surface area contributed by atoms with Crippen molar-refractivity contribution in [1.82, 2.24) is 25.3 Å². The van der Waals surface area contributed by atoms with Crippen molar-refractivity contribution < 1.29 is 14.1 Å². The molecule has 0 radical (unpaired) electrons. The number of rotatable bonds is 6. The molecule has 0 aliphatic carbocycles. The van der Waals surface area contributed by atoms with Gasteiger partial charge in [0.1, 0.15) is 6.54 Å². The second-order valence-corrected chi connectivity index (χ2v) is 6.23. The predicted molar refractivity (Wildman–Crippen MR) is 81.4 cm³/mol. The van der Waals surface area contributed by atoms with Gasteiger partial charge in [-0.05, 0) is 44.8 Å². The lowest BCUT2D eigenvalue weighted by Gasteiger charge is -2.31. The summed E-state index contributed by atoms with van der Waals surface area (Å²) in [7, 11) is 0. The van der Waals surface area contributed by atoms with Crippen LogP contribution in [-0.4, -0.2) is 58.1 Å². The number of likely N-dealkylation sites (tertiary alicyclic amines) is 1. The first-order chi connectivity index (χ1) is 11.2. The maximum Gasteiger partial charge on any atom is 0.325 e. The highest BCUT2D eigenvalue weighted by atomic mass is 16.5. The molecule has 0 spiro atoms. The van der Waals surface area contributed by atoms with Gasteiger partial charge in [-0.25, -0.2) is 4.79 Å². The normalized spacial score (nSPS) is 20.3. The first-order valence-corrected chi connectivity index (χ1v) is 8.27. The molecule has 0 aromatic carbocycles. The van der Waals surface area contributed by atoms with Gasteiger partial charge in [-0.2, -0.15) is 4.98 Å². The molecule has 0 atom stereocenters. The van der Waals surface area contributed by atoms with E-state index in [1.807, 2.05) is 0 Å². The van der Waals surface area contributed by atoms with Crippen molar-refractivity contribution >= 4 is 11.9 Å². The number of nitrogens with zero attached hydrogens (tertiary/aromatic N) is 4. The molecule has 2 fully saturated rings. The fourth-order valence-corrected chi connectivity index (χ4v) is 3.18. The van der Waals surface area contributed by atoms with E-state index in [0.29, 0.717) is 17.6 Å². The SMILES string of the molecule is CCCN1CCC(Cc2noc(CN3C(=O)CNC3=O)n2)CC1. The number of imide groups is 1. The molecule has 8 heteroatoms. The van der Waals surface area contributed by atoms with Crippen LogP contribution in [0.3, 0.4) is 0 Å². The number of urea groups is 1. The Morgan fingerprint density at radius 2 is 2.09 bits per heavy atom. The number of carbonyl (C=O) groups is 2. The molecule has 1 N–H and O–H groups in total. The molecule has 3 heterocycles. The van der Waals surface area contributed by atoms with Crippen molar-refractivity contribution in [1.29, 1.82) is 0 Å². The number of hydrogen-bond donors (Lipinski definition) is 1. The molecule has 8 nitrogen and oxygen atoms in total. The van der Waals surface area contributed by atoms with Crippen molar-refractivity contribution in [2.24, 2.45) is 5.92 Å². The second kappa shape index (κ2) is 7.08. The first-order valence-electron chi connectivity index (χ1n) is 8.27. The highest BCUT2D eigenvalue weighted by Gasteiger charge is 2.30. The lowest BCUT2D eigenvalue weighted by molar-refractivity contribution is -0.125. The van der Waals surface area contributed by atoms with Crippen molar-refractivity contribution in [2.45, 2.75) is 39.2 Å². The van der Waals surface area contributed by atoms with E-state index < -0.39 is 6.03 Å². The van der Waals surface area contributed by atoms with Crippen LogP contribution in [-0.2, 0) is 17.8 Å². The van der Waals surface area contributed by atoms with Crippen molar-refractivity contribution in [3.8, 4) is 0 Å². The smallest absolute Gasteiger partial charge is 0.325 e. The van der Waals surface area contributed by atoms with Crippen LogP contribution < -0.4 is 5.32 Å². The summed E-state index contributed by atoms with van der Waals surface area (Å²) in [4.78, 5) is 31.0. The van der Waals surface area contributed by atoms with Crippen LogP contribution in [0.5, 0.6) is 0 Å². The fourth-order valence-electron chi connectivity index (χ4n) is 3.18. The molecule has 2 aliphatic rings. The number of hydrogen-bond acceptors (Lipinski definition) is 6. The first kappa shape index (κ1) is 15.9. The number of piperidine rings is 1.